The normalized spacial score (nSPS) is 11.1. The van der Waals surface area contributed by atoms with Gasteiger partial charge in [0.25, 0.3) is 10.0 Å². The van der Waals surface area contributed by atoms with Crippen molar-refractivity contribution in [3.63, 3.8) is 0 Å². The molecule has 3 aromatic carbocycles. The van der Waals surface area contributed by atoms with E-state index in [1.807, 2.05) is 50.2 Å². The lowest BCUT2D eigenvalue weighted by molar-refractivity contribution is -0.115. The van der Waals surface area contributed by atoms with Crippen LogP contribution in [0.4, 0.5) is 11.4 Å². The first-order chi connectivity index (χ1) is 14.3. The molecule has 1 amide bonds. The topological polar surface area (TPSA) is 75.3 Å². The number of aryl methyl sites for hydroxylation is 2. The first-order valence-corrected chi connectivity index (χ1v) is 12.0. The summed E-state index contributed by atoms with van der Waals surface area (Å²) >= 11 is 1.62. The fourth-order valence-electron chi connectivity index (χ4n) is 2.74. The van der Waals surface area contributed by atoms with Gasteiger partial charge >= 0.3 is 0 Å². The maximum Gasteiger partial charge on any atom is 0.261 e. The standard InChI is InChI=1S/C23H24N2O3S2/c1-17-8-9-20(16-18(17)2)25-30(27,28)22-12-10-19(11-13-22)24-23(26)14-15-29-21-6-4-3-5-7-21/h3-13,16,25H,14-15H2,1-2H3,(H,24,26). The van der Waals surface area contributed by atoms with Crippen molar-refractivity contribution in [2.45, 2.75) is 30.1 Å². The molecule has 30 heavy (non-hydrogen) atoms. The zero-order chi connectivity index (χ0) is 21.6. The van der Waals surface area contributed by atoms with Gasteiger partial charge in [-0.25, -0.2) is 8.42 Å². The van der Waals surface area contributed by atoms with Gasteiger partial charge in [0.2, 0.25) is 5.91 Å². The van der Waals surface area contributed by atoms with Crippen LogP contribution in [0.5, 0.6) is 0 Å². The average Bonchev–Trinajstić information content (AvgIpc) is 2.72. The number of carbonyl (C=O) groups is 1. The fraction of sp³-hybridized carbons (Fsp3) is 0.174. The molecule has 3 aromatic rings. The second kappa shape index (κ2) is 9.82. The van der Waals surface area contributed by atoms with E-state index in [1.165, 1.54) is 12.1 Å². The number of carbonyl (C=O) groups excluding carboxylic acids is 1. The Labute approximate surface area is 182 Å². The Morgan fingerprint density at radius 3 is 2.20 bits per heavy atom. The van der Waals surface area contributed by atoms with Crippen molar-refractivity contribution in [3.05, 3.63) is 83.9 Å². The van der Waals surface area contributed by atoms with Crippen LogP contribution < -0.4 is 10.0 Å². The second-order valence-electron chi connectivity index (χ2n) is 6.89. The predicted octanol–water partition coefficient (Wildman–Crippen LogP) is 5.23. The number of rotatable bonds is 8. The Morgan fingerprint density at radius 1 is 0.867 bits per heavy atom. The highest BCUT2D eigenvalue weighted by Gasteiger charge is 2.14. The van der Waals surface area contributed by atoms with E-state index < -0.39 is 10.0 Å². The van der Waals surface area contributed by atoms with Crippen LogP contribution in [0, 0.1) is 13.8 Å². The third kappa shape index (κ3) is 6.11. The molecule has 0 bridgehead atoms. The number of hydrogen-bond donors (Lipinski definition) is 2. The summed E-state index contributed by atoms with van der Waals surface area (Å²) in [6.45, 7) is 3.91. The van der Waals surface area contributed by atoms with Crippen LogP contribution in [0.1, 0.15) is 17.5 Å². The highest BCUT2D eigenvalue weighted by Crippen LogP contribution is 2.21. The molecule has 0 saturated carbocycles. The Bertz CT molecular complexity index is 1110. The number of benzene rings is 3. The zero-order valence-corrected chi connectivity index (χ0v) is 18.5. The smallest absolute Gasteiger partial charge is 0.261 e. The minimum absolute atomic E-state index is 0.109. The van der Waals surface area contributed by atoms with Crippen molar-refractivity contribution < 1.29 is 13.2 Å². The van der Waals surface area contributed by atoms with Crippen LogP contribution >= 0.6 is 11.8 Å². The molecule has 0 atom stereocenters. The molecular weight excluding hydrogens is 416 g/mol. The summed E-state index contributed by atoms with van der Waals surface area (Å²) in [6.07, 6.45) is 0.369. The monoisotopic (exact) mass is 440 g/mol. The molecule has 0 radical (unpaired) electrons. The SMILES string of the molecule is Cc1ccc(NS(=O)(=O)c2ccc(NC(=O)CCSc3ccccc3)cc2)cc1C. The van der Waals surface area contributed by atoms with E-state index >= 15 is 0 Å². The van der Waals surface area contributed by atoms with E-state index in [1.54, 1.807) is 36.0 Å². The van der Waals surface area contributed by atoms with Crippen molar-refractivity contribution >= 4 is 39.1 Å². The van der Waals surface area contributed by atoms with Gasteiger partial charge in [-0.3, -0.25) is 9.52 Å². The Hall–Kier alpha value is -2.77. The van der Waals surface area contributed by atoms with Crippen molar-refractivity contribution in [2.24, 2.45) is 0 Å². The number of sulfonamides is 1. The lowest BCUT2D eigenvalue weighted by Gasteiger charge is -2.11. The van der Waals surface area contributed by atoms with Gasteiger partial charge in [0, 0.05) is 28.4 Å². The summed E-state index contributed by atoms with van der Waals surface area (Å²) in [4.78, 5) is 13.4. The molecule has 0 heterocycles. The molecular formula is C23H24N2O3S2. The molecule has 0 aliphatic heterocycles. The lowest BCUT2D eigenvalue weighted by Crippen LogP contribution is -2.14. The van der Waals surface area contributed by atoms with Gasteiger partial charge < -0.3 is 5.32 Å². The van der Waals surface area contributed by atoms with Crippen LogP contribution in [0.2, 0.25) is 0 Å². The second-order valence-corrected chi connectivity index (χ2v) is 9.74. The van der Waals surface area contributed by atoms with Gasteiger partial charge in [0.15, 0.2) is 0 Å². The number of amides is 1. The molecule has 0 fully saturated rings. The van der Waals surface area contributed by atoms with Gasteiger partial charge in [0.05, 0.1) is 4.90 Å². The Morgan fingerprint density at radius 2 is 1.53 bits per heavy atom. The number of anilines is 2. The summed E-state index contributed by atoms with van der Waals surface area (Å²) in [5.41, 5.74) is 3.19. The summed E-state index contributed by atoms with van der Waals surface area (Å²) in [6, 6.07) is 21.5. The minimum Gasteiger partial charge on any atom is -0.326 e. The van der Waals surface area contributed by atoms with Crippen LogP contribution in [0.25, 0.3) is 0 Å². The lowest BCUT2D eigenvalue weighted by atomic mass is 10.1. The third-order valence-electron chi connectivity index (χ3n) is 4.55. The first kappa shape index (κ1) is 21.9. The predicted molar refractivity (Wildman–Crippen MR) is 124 cm³/mol. The summed E-state index contributed by atoms with van der Waals surface area (Å²) in [7, 11) is -3.70. The van der Waals surface area contributed by atoms with E-state index in [4.69, 9.17) is 0 Å². The minimum atomic E-state index is -3.70. The van der Waals surface area contributed by atoms with Crippen molar-refractivity contribution in [2.75, 3.05) is 15.8 Å². The van der Waals surface area contributed by atoms with Gasteiger partial charge in [-0.1, -0.05) is 24.3 Å². The quantitative estimate of drug-likeness (QED) is 0.471. The highest BCUT2D eigenvalue weighted by atomic mass is 32.2. The Balaban J connectivity index is 1.55. The number of hydrogen-bond acceptors (Lipinski definition) is 4. The van der Waals surface area contributed by atoms with Crippen LogP contribution in [-0.2, 0) is 14.8 Å². The largest absolute Gasteiger partial charge is 0.326 e. The highest BCUT2D eigenvalue weighted by molar-refractivity contribution is 7.99. The van der Waals surface area contributed by atoms with Gasteiger partial charge in [-0.2, -0.15) is 0 Å². The summed E-state index contributed by atoms with van der Waals surface area (Å²) in [5.74, 6) is 0.560. The van der Waals surface area contributed by atoms with Gasteiger partial charge in [-0.15, -0.1) is 11.8 Å². The van der Waals surface area contributed by atoms with Crippen molar-refractivity contribution in [1.82, 2.24) is 0 Å². The van der Waals surface area contributed by atoms with Crippen molar-refractivity contribution in [1.29, 1.82) is 0 Å². The molecule has 2 N–H and O–H groups in total. The van der Waals surface area contributed by atoms with Crippen LogP contribution in [0.15, 0.2) is 82.6 Å². The van der Waals surface area contributed by atoms with E-state index in [0.29, 0.717) is 23.5 Å². The van der Waals surface area contributed by atoms with Crippen LogP contribution in [0.3, 0.4) is 0 Å². The molecule has 0 unspecified atom stereocenters. The maximum absolute atomic E-state index is 12.6. The van der Waals surface area contributed by atoms with Gasteiger partial charge in [-0.05, 0) is 73.5 Å². The molecule has 0 aliphatic carbocycles. The summed E-state index contributed by atoms with van der Waals surface area (Å²) < 4.78 is 27.8. The Kier molecular flexibility index (Phi) is 7.18. The van der Waals surface area contributed by atoms with E-state index in [0.717, 1.165) is 16.0 Å². The molecule has 0 saturated heterocycles. The third-order valence-corrected chi connectivity index (χ3v) is 6.96. The average molecular weight is 441 g/mol. The van der Waals surface area contributed by atoms with Gasteiger partial charge in [0.1, 0.15) is 0 Å². The number of thioether (sulfide) groups is 1. The molecule has 3 rings (SSSR count). The van der Waals surface area contributed by atoms with Crippen molar-refractivity contribution in [3.8, 4) is 0 Å². The molecule has 5 nitrogen and oxygen atoms in total. The molecule has 0 aliphatic rings. The zero-order valence-electron chi connectivity index (χ0n) is 16.9. The molecule has 0 aromatic heterocycles. The maximum atomic E-state index is 12.6. The number of nitrogens with one attached hydrogen (secondary N) is 2. The van der Waals surface area contributed by atoms with E-state index in [-0.39, 0.29) is 10.8 Å². The van der Waals surface area contributed by atoms with E-state index in [9.17, 15) is 13.2 Å². The fourth-order valence-corrected chi connectivity index (χ4v) is 4.66. The molecule has 156 valence electrons. The van der Waals surface area contributed by atoms with E-state index in [2.05, 4.69) is 10.0 Å². The first-order valence-electron chi connectivity index (χ1n) is 9.51. The molecule has 7 heteroatoms. The van der Waals surface area contributed by atoms with Crippen LogP contribution in [-0.4, -0.2) is 20.1 Å². The molecule has 0 spiro atoms. The summed E-state index contributed by atoms with van der Waals surface area (Å²) in [5, 5.41) is 2.80.